The molecule has 0 saturated heterocycles. The second-order valence-electron chi connectivity index (χ2n) is 6.67. The van der Waals surface area contributed by atoms with Crippen molar-refractivity contribution in [3.63, 3.8) is 0 Å². The third-order valence-corrected chi connectivity index (χ3v) is 6.20. The largest absolute Gasteiger partial charge is 0.389 e. The predicted octanol–water partition coefficient (Wildman–Crippen LogP) is 3.06. The van der Waals surface area contributed by atoms with E-state index in [9.17, 15) is 13.5 Å². The normalized spacial score (nSPS) is 21.1. The number of rotatable bonds is 4. The molecule has 1 aliphatic rings. The van der Waals surface area contributed by atoms with Gasteiger partial charge in [-0.2, -0.15) is 0 Å². The minimum Gasteiger partial charge on any atom is -0.389 e. The summed E-state index contributed by atoms with van der Waals surface area (Å²) in [4.78, 5) is 0.213. The van der Waals surface area contributed by atoms with Crippen LogP contribution < -0.4 is 4.72 Å². The first-order chi connectivity index (χ1) is 9.62. The molecule has 21 heavy (non-hydrogen) atoms. The summed E-state index contributed by atoms with van der Waals surface area (Å²) in [5.74, 6) is 0. The summed E-state index contributed by atoms with van der Waals surface area (Å²) >= 11 is 3.28. The molecule has 0 unspecified atom stereocenters. The van der Waals surface area contributed by atoms with Gasteiger partial charge in [-0.25, -0.2) is 13.1 Å². The summed E-state index contributed by atoms with van der Waals surface area (Å²) in [6.45, 7) is 4.43. The van der Waals surface area contributed by atoms with E-state index in [1.165, 1.54) is 0 Å². The van der Waals surface area contributed by atoms with Crippen molar-refractivity contribution in [3.8, 4) is 0 Å². The smallest absolute Gasteiger partial charge is 0.240 e. The first-order valence-corrected chi connectivity index (χ1v) is 9.37. The Hall–Kier alpha value is -0.430. The van der Waals surface area contributed by atoms with Gasteiger partial charge in [-0.05, 0) is 55.4 Å². The second kappa shape index (κ2) is 5.99. The van der Waals surface area contributed by atoms with Gasteiger partial charge in [0.2, 0.25) is 10.0 Å². The van der Waals surface area contributed by atoms with Crippen LogP contribution in [0.25, 0.3) is 0 Å². The van der Waals surface area contributed by atoms with Crippen LogP contribution in [0.5, 0.6) is 0 Å². The van der Waals surface area contributed by atoms with Crippen LogP contribution in [0.1, 0.15) is 39.5 Å². The van der Waals surface area contributed by atoms with Gasteiger partial charge in [0.1, 0.15) is 0 Å². The number of halogens is 1. The van der Waals surface area contributed by atoms with Crippen LogP contribution in [-0.2, 0) is 10.0 Å². The Morgan fingerprint density at radius 3 is 2.19 bits per heavy atom. The Bertz CT molecular complexity index is 586. The van der Waals surface area contributed by atoms with Crippen LogP contribution in [0.3, 0.4) is 0 Å². The van der Waals surface area contributed by atoms with Crippen LogP contribution >= 0.6 is 15.9 Å². The average Bonchev–Trinajstić information content (AvgIpc) is 2.42. The number of nitrogens with one attached hydrogen (secondary N) is 1. The maximum absolute atomic E-state index is 12.2. The molecule has 1 fully saturated rings. The third-order valence-electron chi connectivity index (χ3n) is 4.25. The zero-order chi connectivity index (χ0) is 15.7. The van der Waals surface area contributed by atoms with Gasteiger partial charge in [0, 0.05) is 11.0 Å². The number of sulfonamides is 1. The molecule has 1 aliphatic carbocycles. The molecule has 0 aromatic heterocycles. The van der Waals surface area contributed by atoms with Gasteiger partial charge in [-0.15, -0.1) is 0 Å². The lowest BCUT2D eigenvalue weighted by molar-refractivity contribution is -0.0205. The minimum absolute atomic E-state index is 0.0709. The lowest BCUT2D eigenvalue weighted by Crippen LogP contribution is -2.46. The van der Waals surface area contributed by atoms with E-state index < -0.39 is 15.6 Å². The van der Waals surface area contributed by atoms with E-state index in [1.807, 2.05) is 0 Å². The Kier molecular flexibility index (Phi) is 4.83. The molecule has 0 spiro atoms. The van der Waals surface area contributed by atoms with E-state index in [0.717, 1.165) is 17.3 Å². The van der Waals surface area contributed by atoms with E-state index in [2.05, 4.69) is 34.5 Å². The Morgan fingerprint density at radius 1 is 1.14 bits per heavy atom. The predicted molar refractivity (Wildman–Crippen MR) is 86.5 cm³/mol. The fourth-order valence-corrected chi connectivity index (χ4v) is 3.88. The number of benzene rings is 1. The van der Waals surface area contributed by atoms with Gasteiger partial charge in [0.25, 0.3) is 0 Å². The summed E-state index contributed by atoms with van der Waals surface area (Å²) in [6, 6.07) is 6.46. The quantitative estimate of drug-likeness (QED) is 0.849. The van der Waals surface area contributed by atoms with Crippen LogP contribution in [0.4, 0.5) is 0 Å². The van der Waals surface area contributed by atoms with Gasteiger partial charge in [-0.3, -0.25) is 0 Å². The molecule has 1 saturated carbocycles. The molecule has 2 rings (SSSR count). The monoisotopic (exact) mass is 375 g/mol. The fraction of sp³-hybridized carbons (Fsp3) is 0.600. The zero-order valence-corrected chi connectivity index (χ0v) is 14.8. The summed E-state index contributed by atoms with van der Waals surface area (Å²) < 4.78 is 27.8. The van der Waals surface area contributed by atoms with E-state index in [0.29, 0.717) is 12.8 Å². The van der Waals surface area contributed by atoms with Crippen LogP contribution in [0.15, 0.2) is 33.6 Å². The maximum atomic E-state index is 12.2. The molecule has 118 valence electrons. The second-order valence-corrected chi connectivity index (χ2v) is 9.35. The van der Waals surface area contributed by atoms with Crippen molar-refractivity contribution in [3.05, 3.63) is 28.7 Å². The van der Waals surface area contributed by atoms with Crippen molar-refractivity contribution < 1.29 is 13.5 Å². The van der Waals surface area contributed by atoms with Gasteiger partial charge in [0.05, 0.1) is 10.5 Å². The summed E-state index contributed by atoms with van der Waals surface area (Å²) in [7, 11) is -3.57. The van der Waals surface area contributed by atoms with Crippen molar-refractivity contribution in [2.45, 2.75) is 50.0 Å². The molecule has 0 bridgehead atoms. The van der Waals surface area contributed by atoms with Gasteiger partial charge < -0.3 is 5.11 Å². The molecule has 6 heteroatoms. The molecule has 2 N–H and O–H groups in total. The average molecular weight is 376 g/mol. The standard InChI is InChI=1S/C15H22BrNO3S/c1-14(2)7-9-15(18,10-8-14)11-17-21(19,20)13-5-3-12(16)4-6-13/h3-6,17-18H,7-11H2,1-2H3. The number of aliphatic hydroxyl groups is 1. The van der Waals surface area contributed by atoms with E-state index in [-0.39, 0.29) is 16.9 Å². The Balaban J connectivity index is 2.00. The Labute approximate surface area is 135 Å². The topological polar surface area (TPSA) is 66.4 Å². The van der Waals surface area contributed by atoms with Crippen molar-refractivity contribution in [1.82, 2.24) is 4.72 Å². The highest BCUT2D eigenvalue weighted by Crippen LogP contribution is 2.39. The lowest BCUT2D eigenvalue weighted by Gasteiger charge is -2.40. The van der Waals surface area contributed by atoms with Crippen molar-refractivity contribution in [2.24, 2.45) is 5.41 Å². The molecule has 1 aromatic carbocycles. The van der Waals surface area contributed by atoms with E-state index in [4.69, 9.17) is 0 Å². The van der Waals surface area contributed by atoms with Crippen molar-refractivity contribution >= 4 is 26.0 Å². The minimum atomic E-state index is -3.57. The molecule has 0 radical (unpaired) electrons. The molecule has 0 amide bonds. The SMILES string of the molecule is CC1(C)CCC(O)(CNS(=O)(=O)c2ccc(Br)cc2)CC1. The number of hydrogen-bond acceptors (Lipinski definition) is 3. The molecule has 0 heterocycles. The van der Waals surface area contributed by atoms with Gasteiger partial charge in [-0.1, -0.05) is 29.8 Å². The first-order valence-electron chi connectivity index (χ1n) is 7.10. The van der Waals surface area contributed by atoms with Crippen LogP contribution in [0.2, 0.25) is 0 Å². The molecule has 1 aromatic rings. The zero-order valence-electron chi connectivity index (χ0n) is 12.4. The summed E-state index contributed by atoms with van der Waals surface area (Å²) in [6.07, 6.45) is 3.07. The Morgan fingerprint density at radius 2 is 1.67 bits per heavy atom. The first kappa shape index (κ1) is 16.9. The van der Waals surface area contributed by atoms with Crippen LogP contribution in [0, 0.1) is 5.41 Å². The number of hydrogen-bond donors (Lipinski definition) is 2. The fourth-order valence-electron chi connectivity index (χ4n) is 2.50. The third kappa shape index (κ3) is 4.52. The molecular weight excluding hydrogens is 354 g/mol. The van der Waals surface area contributed by atoms with Gasteiger partial charge >= 0.3 is 0 Å². The van der Waals surface area contributed by atoms with E-state index in [1.54, 1.807) is 24.3 Å². The van der Waals surface area contributed by atoms with Gasteiger partial charge in [0.15, 0.2) is 0 Å². The molecule has 4 nitrogen and oxygen atoms in total. The molecule has 0 aliphatic heterocycles. The van der Waals surface area contributed by atoms with E-state index >= 15 is 0 Å². The summed E-state index contributed by atoms with van der Waals surface area (Å²) in [5.41, 5.74) is -0.700. The van der Waals surface area contributed by atoms with Crippen LogP contribution in [-0.4, -0.2) is 25.7 Å². The molecular formula is C15H22BrNO3S. The lowest BCUT2D eigenvalue weighted by atomic mass is 9.71. The summed E-state index contributed by atoms with van der Waals surface area (Å²) in [5, 5.41) is 10.5. The highest BCUT2D eigenvalue weighted by molar-refractivity contribution is 9.10. The maximum Gasteiger partial charge on any atom is 0.240 e. The highest BCUT2D eigenvalue weighted by atomic mass is 79.9. The van der Waals surface area contributed by atoms with Crippen molar-refractivity contribution in [1.29, 1.82) is 0 Å². The van der Waals surface area contributed by atoms with Crippen molar-refractivity contribution in [2.75, 3.05) is 6.54 Å². The molecule has 0 atom stereocenters. The highest BCUT2D eigenvalue weighted by Gasteiger charge is 2.37.